The molecule has 6 atom stereocenters. The van der Waals surface area contributed by atoms with Crippen LogP contribution in [0, 0.1) is 17.8 Å². The van der Waals surface area contributed by atoms with Gasteiger partial charge in [-0.1, -0.05) is 41.9 Å². The SMILES string of the molecule is CO[C@H]1/C=C/C[C@H](C)C[S@@](=O)(NC(=O)c2cnoc2)=NC(=O)c2ccc3c(c2)N(C[C@@H]2CC[C@H]21)C[C@@]1(CCCc2cc(Cl)ccc21)CO3. The van der Waals surface area contributed by atoms with Crippen molar-refractivity contribution >= 4 is 39.0 Å². The van der Waals surface area contributed by atoms with E-state index in [9.17, 15) is 13.8 Å². The Kier molecular flexibility index (Phi) is 9.12. The monoisotopic (exact) mass is 692 g/mol. The molecule has 254 valence electrons. The molecule has 12 heteroatoms. The van der Waals surface area contributed by atoms with Gasteiger partial charge < -0.3 is 18.9 Å². The number of carbonyl (C=O) groups excluding carboxylic acids is 2. The van der Waals surface area contributed by atoms with Crippen molar-refractivity contribution in [3.8, 4) is 5.75 Å². The molecule has 2 amide bonds. The van der Waals surface area contributed by atoms with Crippen LogP contribution in [0.3, 0.4) is 0 Å². The van der Waals surface area contributed by atoms with Crippen molar-refractivity contribution in [3.63, 3.8) is 0 Å². The molecule has 4 aliphatic rings. The van der Waals surface area contributed by atoms with Gasteiger partial charge in [-0.05, 0) is 97.7 Å². The van der Waals surface area contributed by atoms with Crippen molar-refractivity contribution < 1.29 is 27.8 Å². The van der Waals surface area contributed by atoms with Crippen LogP contribution in [-0.2, 0) is 26.5 Å². The lowest BCUT2D eigenvalue weighted by Crippen LogP contribution is -2.49. The molecule has 1 spiro atoms. The Morgan fingerprint density at radius 1 is 1.21 bits per heavy atom. The summed E-state index contributed by atoms with van der Waals surface area (Å²) in [5.74, 6) is -0.0995. The number of aromatic nitrogens is 1. The summed E-state index contributed by atoms with van der Waals surface area (Å²) in [6, 6.07) is 11.5. The topological polar surface area (TPSA) is 123 Å². The average Bonchev–Trinajstić information content (AvgIpc) is 3.55. The molecular formula is C36H41ClN4O6S. The molecular weight excluding hydrogens is 652 g/mol. The fraction of sp³-hybridized carbons (Fsp3) is 0.472. The number of fused-ring (bicyclic) bond motifs is 4. The summed E-state index contributed by atoms with van der Waals surface area (Å²) in [5, 5.41) is 4.31. The number of amides is 2. The van der Waals surface area contributed by atoms with E-state index in [1.165, 1.54) is 17.3 Å². The largest absolute Gasteiger partial charge is 0.490 e. The van der Waals surface area contributed by atoms with Gasteiger partial charge in [0.05, 0.1) is 35.9 Å². The van der Waals surface area contributed by atoms with E-state index < -0.39 is 21.7 Å². The molecule has 2 aliphatic carbocycles. The van der Waals surface area contributed by atoms with Crippen LogP contribution in [-0.4, -0.2) is 59.8 Å². The number of benzene rings is 2. The third kappa shape index (κ3) is 6.52. The average molecular weight is 693 g/mol. The zero-order valence-electron chi connectivity index (χ0n) is 27.2. The van der Waals surface area contributed by atoms with Gasteiger partial charge in [0.15, 0.2) is 0 Å². The quantitative estimate of drug-likeness (QED) is 0.313. The Bertz CT molecular complexity index is 1850. The summed E-state index contributed by atoms with van der Waals surface area (Å²) < 4.78 is 38.5. The smallest absolute Gasteiger partial charge is 0.286 e. The minimum Gasteiger partial charge on any atom is -0.490 e. The van der Waals surface area contributed by atoms with E-state index >= 15 is 0 Å². The van der Waals surface area contributed by atoms with Crippen molar-refractivity contribution in [2.75, 3.05) is 37.5 Å². The minimum atomic E-state index is -3.53. The van der Waals surface area contributed by atoms with Crippen molar-refractivity contribution in [1.82, 2.24) is 9.88 Å². The Labute approximate surface area is 286 Å². The number of methoxy groups -OCH3 is 1. The maximum Gasteiger partial charge on any atom is 0.286 e. The van der Waals surface area contributed by atoms with Gasteiger partial charge in [0.25, 0.3) is 11.8 Å². The van der Waals surface area contributed by atoms with Crippen LogP contribution in [0.15, 0.2) is 69.9 Å². The Morgan fingerprint density at radius 2 is 2.08 bits per heavy atom. The second-order valence-electron chi connectivity index (χ2n) is 13.8. The molecule has 3 heterocycles. The molecule has 1 fully saturated rings. The molecule has 1 N–H and O–H groups in total. The Balaban J connectivity index is 1.31. The maximum atomic E-state index is 14.3. The van der Waals surface area contributed by atoms with Gasteiger partial charge >= 0.3 is 0 Å². The number of hydrogen-bond donors (Lipinski definition) is 1. The first-order valence-electron chi connectivity index (χ1n) is 16.7. The van der Waals surface area contributed by atoms with Crippen LogP contribution in [0.2, 0.25) is 5.02 Å². The second-order valence-corrected chi connectivity index (χ2v) is 16.2. The summed E-state index contributed by atoms with van der Waals surface area (Å²) in [6.07, 6.45) is 12.2. The highest BCUT2D eigenvalue weighted by molar-refractivity contribution is 7.92. The molecule has 48 heavy (non-hydrogen) atoms. The molecule has 0 unspecified atom stereocenters. The summed E-state index contributed by atoms with van der Waals surface area (Å²) in [6.45, 7) is 3.91. The lowest BCUT2D eigenvalue weighted by atomic mass is 9.68. The minimum absolute atomic E-state index is 0.0179. The van der Waals surface area contributed by atoms with E-state index in [-0.39, 0.29) is 34.3 Å². The van der Waals surface area contributed by atoms with Gasteiger partial charge in [-0.2, -0.15) is 0 Å². The molecule has 2 aromatic carbocycles. The fourth-order valence-electron chi connectivity index (χ4n) is 7.89. The fourth-order valence-corrected chi connectivity index (χ4v) is 9.97. The molecule has 1 saturated carbocycles. The van der Waals surface area contributed by atoms with E-state index in [1.54, 1.807) is 13.2 Å². The number of halogens is 1. The van der Waals surface area contributed by atoms with E-state index in [2.05, 4.69) is 43.4 Å². The van der Waals surface area contributed by atoms with Gasteiger partial charge in [-0.15, -0.1) is 4.36 Å². The first-order valence-corrected chi connectivity index (χ1v) is 18.7. The molecule has 2 aliphatic heterocycles. The van der Waals surface area contributed by atoms with Crippen molar-refractivity contribution in [3.05, 3.63) is 88.3 Å². The predicted molar refractivity (Wildman–Crippen MR) is 184 cm³/mol. The van der Waals surface area contributed by atoms with E-state index in [1.807, 2.05) is 25.1 Å². The number of aryl methyl sites for hydroxylation is 1. The van der Waals surface area contributed by atoms with E-state index in [4.69, 9.17) is 25.6 Å². The zero-order valence-corrected chi connectivity index (χ0v) is 28.8. The number of hydrogen-bond acceptors (Lipinski definition) is 8. The number of ether oxygens (including phenoxy) is 2. The van der Waals surface area contributed by atoms with Gasteiger partial charge in [0.1, 0.15) is 21.9 Å². The van der Waals surface area contributed by atoms with E-state index in [0.717, 1.165) is 55.6 Å². The Hall–Kier alpha value is -3.67. The third-order valence-corrected chi connectivity index (χ3v) is 12.7. The van der Waals surface area contributed by atoms with Crippen molar-refractivity contribution in [2.45, 2.75) is 57.0 Å². The standard InChI is InChI=1S/C36H41ClN4O6S/c1-23-5-3-7-32(45-2)29-11-8-26(29)18-41-21-36(14-4-6-24-15-28(37)10-12-30(24)36)22-46-33-13-9-25(16-31(33)41)34(42)39-48(44,20-23)40-35(43)27-17-38-47-19-27/h3,7,9-10,12-13,15-17,19,23,26,29,32H,4-6,8,11,14,18,20-22H2,1-2H3,(H,39,40,42,43,44)/b7-3+/t23-,26-,29+,32-,36-,48-/m0/s1. The first kappa shape index (κ1) is 32.9. The number of nitrogens with zero attached hydrogens (tertiary/aromatic N) is 3. The normalized spacial score (nSPS) is 30.9. The summed E-state index contributed by atoms with van der Waals surface area (Å²) in [5.41, 5.74) is 3.45. The van der Waals surface area contributed by atoms with Gasteiger partial charge in [-0.25, -0.2) is 4.21 Å². The number of carbonyl (C=O) groups is 2. The number of allylic oxidation sites excluding steroid dienone is 1. The van der Waals surface area contributed by atoms with Crippen LogP contribution < -0.4 is 14.4 Å². The summed E-state index contributed by atoms with van der Waals surface area (Å²) in [4.78, 5) is 29.2. The van der Waals surface area contributed by atoms with Crippen LogP contribution in [0.5, 0.6) is 5.75 Å². The zero-order chi connectivity index (χ0) is 33.5. The molecule has 7 rings (SSSR count). The lowest BCUT2D eigenvalue weighted by molar-refractivity contribution is 0.0131. The number of rotatable bonds is 3. The van der Waals surface area contributed by atoms with Gasteiger partial charge in [0, 0.05) is 36.2 Å². The maximum absolute atomic E-state index is 14.3. The van der Waals surface area contributed by atoms with Crippen molar-refractivity contribution in [1.29, 1.82) is 0 Å². The molecule has 0 saturated heterocycles. The van der Waals surface area contributed by atoms with Crippen LogP contribution in [0.4, 0.5) is 5.69 Å². The van der Waals surface area contributed by atoms with Crippen LogP contribution in [0.1, 0.15) is 70.9 Å². The number of anilines is 1. The van der Waals surface area contributed by atoms with Gasteiger partial charge in [0.2, 0.25) is 0 Å². The highest BCUT2D eigenvalue weighted by atomic mass is 35.5. The third-order valence-electron chi connectivity index (χ3n) is 10.5. The highest BCUT2D eigenvalue weighted by Gasteiger charge is 2.44. The molecule has 0 radical (unpaired) electrons. The second kappa shape index (κ2) is 13.3. The molecule has 3 aromatic rings. The van der Waals surface area contributed by atoms with Crippen LogP contribution >= 0.6 is 11.6 Å². The molecule has 2 bridgehead atoms. The molecule has 1 aromatic heterocycles. The predicted octanol–water partition coefficient (Wildman–Crippen LogP) is 6.39. The van der Waals surface area contributed by atoms with E-state index in [0.29, 0.717) is 37.2 Å². The molecule has 10 nitrogen and oxygen atoms in total. The Morgan fingerprint density at radius 3 is 2.85 bits per heavy atom. The van der Waals surface area contributed by atoms with Crippen LogP contribution in [0.25, 0.3) is 0 Å². The number of nitrogens with one attached hydrogen (secondary N) is 1. The first-order chi connectivity index (χ1) is 23.1. The summed E-state index contributed by atoms with van der Waals surface area (Å²) in [7, 11) is -1.78. The lowest BCUT2D eigenvalue weighted by Gasteiger charge is -2.46. The van der Waals surface area contributed by atoms with Crippen molar-refractivity contribution in [2.24, 2.45) is 22.1 Å². The van der Waals surface area contributed by atoms with Gasteiger partial charge in [-0.3, -0.25) is 14.3 Å². The summed E-state index contributed by atoms with van der Waals surface area (Å²) >= 11 is 6.44. The highest BCUT2D eigenvalue weighted by Crippen LogP contribution is 2.47.